The zero-order chi connectivity index (χ0) is 10.0. The second-order valence-electron chi connectivity index (χ2n) is 4.43. The predicted octanol–water partition coefficient (Wildman–Crippen LogP) is 2.18. The van der Waals surface area contributed by atoms with Gasteiger partial charge in [0.15, 0.2) is 0 Å². The zero-order valence-electron chi connectivity index (χ0n) is 8.61. The van der Waals surface area contributed by atoms with Crippen molar-refractivity contribution in [2.45, 2.75) is 38.2 Å². The maximum absolute atomic E-state index is 10.4. The molecular formula is C12H17NO. The predicted molar refractivity (Wildman–Crippen MR) is 55.9 cm³/mol. The quantitative estimate of drug-likeness (QED) is 0.777. The summed E-state index contributed by atoms with van der Waals surface area (Å²) < 4.78 is 0. The van der Waals surface area contributed by atoms with Crippen LogP contribution >= 0.6 is 0 Å². The van der Waals surface area contributed by atoms with E-state index < -0.39 is 5.60 Å². The number of aliphatic hydroxyl groups is 1. The molecule has 1 aliphatic rings. The average molecular weight is 191 g/mol. The first-order valence-corrected chi connectivity index (χ1v) is 5.32. The summed E-state index contributed by atoms with van der Waals surface area (Å²) >= 11 is 0. The Kier molecular flexibility index (Phi) is 2.55. The summed E-state index contributed by atoms with van der Waals surface area (Å²) in [7, 11) is 0. The number of pyridine rings is 1. The maximum atomic E-state index is 10.4. The number of hydrogen-bond acceptors (Lipinski definition) is 2. The van der Waals surface area contributed by atoms with Crippen LogP contribution in [0, 0.1) is 5.92 Å². The van der Waals surface area contributed by atoms with Gasteiger partial charge in [-0.2, -0.15) is 0 Å². The lowest BCUT2D eigenvalue weighted by atomic mass is 9.86. The number of nitrogens with zero attached hydrogens (tertiary/aromatic N) is 1. The Labute approximate surface area is 85.0 Å². The number of rotatable bonds is 2. The van der Waals surface area contributed by atoms with E-state index in [0.29, 0.717) is 5.92 Å². The van der Waals surface area contributed by atoms with Crippen molar-refractivity contribution in [3.8, 4) is 0 Å². The van der Waals surface area contributed by atoms with E-state index in [1.165, 1.54) is 0 Å². The topological polar surface area (TPSA) is 33.1 Å². The molecule has 2 atom stereocenters. The van der Waals surface area contributed by atoms with Crippen molar-refractivity contribution in [1.29, 1.82) is 0 Å². The van der Waals surface area contributed by atoms with Crippen LogP contribution in [-0.2, 0) is 6.42 Å². The van der Waals surface area contributed by atoms with Crippen LogP contribution in [0.5, 0.6) is 0 Å². The molecule has 1 fully saturated rings. The van der Waals surface area contributed by atoms with Crippen molar-refractivity contribution in [2.75, 3.05) is 0 Å². The molecule has 0 amide bonds. The fraction of sp³-hybridized carbons (Fsp3) is 0.583. The summed E-state index contributed by atoms with van der Waals surface area (Å²) in [6, 6.07) is 3.97. The van der Waals surface area contributed by atoms with E-state index in [1.54, 1.807) is 6.20 Å². The molecule has 2 rings (SSSR count). The highest BCUT2D eigenvalue weighted by atomic mass is 16.3. The SMILES string of the molecule is CC1CCCC1(O)Cc1cccnc1. The van der Waals surface area contributed by atoms with Crippen molar-refractivity contribution in [3.05, 3.63) is 30.1 Å². The van der Waals surface area contributed by atoms with Gasteiger partial charge in [-0.25, -0.2) is 0 Å². The van der Waals surface area contributed by atoms with Gasteiger partial charge in [-0.1, -0.05) is 19.4 Å². The summed E-state index contributed by atoms with van der Waals surface area (Å²) in [6.45, 7) is 2.14. The summed E-state index contributed by atoms with van der Waals surface area (Å²) in [4.78, 5) is 4.07. The van der Waals surface area contributed by atoms with Crippen molar-refractivity contribution >= 4 is 0 Å². The third-order valence-electron chi connectivity index (χ3n) is 3.40. The normalized spacial score (nSPS) is 32.0. The third-order valence-corrected chi connectivity index (χ3v) is 3.40. The van der Waals surface area contributed by atoms with Gasteiger partial charge in [0.1, 0.15) is 0 Å². The Hall–Kier alpha value is -0.890. The first kappa shape index (κ1) is 9.66. The Bertz CT molecular complexity index is 298. The Morgan fingerprint density at radius 2 is 2.50 bits per heavy atom. The van der Waals surface area contributed by atoms with Crippen molar-refractivity contribution in [2.24, 2.45) is 5.92 Å². The van der Waals surface area contributed by atoms with Gasteiger partial charge in [0.05, 0.1) is 5.60 Å². The highest BCUT2D eigenvalue weighted by molar-refractivity contribution is 5.13. The molecule has 1 aliphatic carbocycles. The molecule has 0 aromatic carbocycles. The Morgan fingerprint density at radius 1 is 1.64 bits per heavy atom. The summed E-state index contributed by atoms with van der Waals surface area (Å²) in [5.74, 6) is 0.419. The van der Waals surface area contributed by atoms with Crippen LogP contribution in [0.3, 0.4) is 0 Å². The van der Waals surface area contributed by atoms with E-state index in [9.17, 15) is 5.11 Å². The number of hydrogen-bond donors (Lipinski definition) is 1. The third kappa shape index (κ3) is 1.80. The molecule has 1 aromatic heterocycles. The fourth-order valence-corrected chi connectivity index (χ4v) is 2.35. The van der Waals surface area contributed by atoms with Gasteiger partial charge in [-0.15, -0.1) is 0 Å². The van der Waals surface area contributed by atoms with Gasteiger partial charge in [0.25, 0.3) is 0 Å². The second-order valence-corrected chi connectivity index (χ2v) is 4.43. The molecule has 76 valence electrons. The monoisotopic (exact) mass is 191 g/mol. The van der Waals surface area contributed by atoms with Crippen LogP contribution in [0.25, 0.3) is 0 Å². The minimum Gasteiger partial charge on any atom is -0.389 e. The molecule has 0 saturated heterocycles. The Morgan fingerprint density at radius 3 is 3.07 bits per heavy atom. The lowest BCUT2D eigenvalue weighted by molar-refractivity contribution is 0.00953. The lowest BCUT2D eigenvalue weighted by Crippen LogP contribution is -2.34. The largest absolute Gasteiger partial charge is 0.389 e. The summed E-state index contributed by atoms with van der Waals surface area (Å²) in [6.07, 6.45) is 7.61. The van der Waals surface area contributed by atoms with Crippen molar-refractivity contribution in [3.63, 3.8) is 0 Å². The molecule has 14 heavy (non-hydrogen) atoms. The molecule has 1 N–H and O–H groups in total. The molecule has 0 bridgehead atoms. The highest BCUT2D eigenvalue weighted by Crippen LogP contribution is 2.37. The van der Waals surface area contributed by atoms with Gasteiger partial charge in [0.2, 0.25) is 0 Å². The van der Waals surface area contributed by atoms with Crippen molar-refractivity contribution < 1.29 is 5.11 Å². The second kappa shape index (κ2) is 3.70. The van der Waals surface area contributed by atoms with E-state index in [-0.39, 0.29) is 0 Å². The van der Waals surface area contributed by atoms with E-state index in [4.69, 9.17) is 0 Å². The number of aromatic nitrogens is 1. The molecular weight excluding hydrogens is 174 g/mol. The molecule has 0 radical (unpaired) electrons. The summed E-state index contributed by atoms with van der Waals surface area (Å²) in [5, 5.41) is 10.4. The van der Waals surface area contributed by atoms with Crippen LogP contribution in [-0.4, -0.2) is 15.7 Å². The van der Waals surface area contributed by atoms with E-state index in [2.05, 4.69) is 11.9 Å². The van der Waals surface area contributed by atoms with Gasteiger partial charge in [-0.05, 0) is 30.4 Å². The van der Waals surface area contributed by atoms with Gasteiger partial charge in [-0.3, -0.25) is 4.98 Å². The zero-order valence-corrected chi connectivity index (χ0v) is 8.61. The average Bonchev–Trinajstić information content (AvgIpc) is 2.48. The molecule has 0 spiro atoms. The molecule has 1 aromatic rings. The van der Waals surface area contributed by atoms with Gasteiger partial charge in [0, 0.05) is 18.8 Å². The first-order valence-electron chi connectivity index (χ1n) is 5.32. The van der Waals surface area contributed by atoms with Crippen LogP contribution in [0.2, 0.25) is 0 Å². The van der Waals surface area contributed by atoms with Crippen LogP contribution in [0.15, 0.2) is 24.5 Å². The minimum atomic E-state index is -0.483. The van der Waals surface area contributed by atoms with E-state index >= 15 is 0 Å². The fourth-order valence-electron chi connectivity index (χ4n) is 2.35. The van der Waals surface area contributed by atoms with Crippen molar-refractivity contribution in [1.82, 2.24) is 4.98 Å². The standard InChI is InChI=1S/C12H17NO/c1-10-4-2-6-12(10,14)8-11-5-3-7-13-9-11/h3,5,7,9-10,14H,2,4,6,8H2,1H3. The highest BCUT2D eigenvalue weighted by Gasteiger charge is 2.37. The molecule has 2 nitrogen and oxygen atoms in total. The first-order chi connectivity index (χ1) is 6.71. The van der Waals surface area contributed by atoms with Crippen LogP contribution in [0.4, 0.5) is 0 Å². The maximum Gasteiger partial charge on any atom is 0.0713 e. The molecule has 2 unspecified atom stereocenters. The van der Waals surface area contributed by atoms with E-state index in [1.807, 2.05) is 18.3 Å². The van der Waals surface area contributed by atoms with Crippen LogP contribution < -0.4 is 0 Å². The summed E-state index contributed by atoms with van der Waals surface area (Å²) in [5.41, 5.74) is 0.659. The lowest BCUT2D eigenvalue weighted by Gasteiger charge is -2.27. The smallest absolute Gasteiger partial charge is 0.0713 e. The minimum absolute atomic E-state index is 0.419. The molecule has 1 heterocycles. The van der Waals surface area contributed by atoms with E-state index in [0.717, 1.165) is 31.2 Å². The molecule has 0 aliphatic heterocycles. The van der Waals surface area contributed by atoms with Gasteiger partial charge >= 0.3 is 0 Å². The van der Waals surface area contributed by atoms with Crippen LogP contribution in [0.1, 0.15) is 31.7 Å². The van der Waals surface area contributed by atoms with Gasteiger partial charge < -0.3 is 5.11 Å². The molecule has 2 heteroatoms. The Balaban J connectivity index is 2.10. The molecule has 1 saturated carbocycles.